The van der Waals surface area contributed by atoms with Gasteiger partial charge in [0.05, 0.1) is 12.7 Å². The lowest BCUT2D eigenvalue weighted by atomic mass is 10.2. The van der Waals surface area contributed by atoms with E-state index in [2.05, 4.69) is 10.6 Å². The molecule has 0 aromatic rings. The SMILES string of the molecule is C1COC2C[N]CC2N1. The van der Waals surface area contributed by atoms with Gasteiger partial charge >= 0.3 is 0 Å². The van der Waals surface area contributed by atoms with Gasteiger partial charge < -0.3 is 10.1 Å². The molecule has 2 saturated heterocycles. The lowest BCUT2D eigenvalue weighted by Crippen LogP contribution is -2.47. The Bertz CT molecular complexity index is 95.2. The Morgan fingerprint density at radius 2 is 2.44 bits per heavy atom. The molecule has 2 fully saturated rings. The molecule has 3 heteroatoms. The van der Waals surface area contributed by atoms with E-state index in [9.17, 15) is 0 Å². The van der Waals surface area contributed by atoms with Crippen LogP contribution in [-0.2, 0) is 4.74 Å². The van der Waals surface area contributed by atoms with Crippen molar-refractivity contribution in [1.82, 2.24) is 10.6 Å². The van der Waals surface area contributed by atoms with Crippen molar-refractivity contribution >= 4 is 0 Å². The molecule has 1 radical (unpaired) electrons. The molecule has 9 heavy (non-hydrogen) atoms. The van der Waals surface area contributed by atoms with Crippen LogP contribution in [-0.4, -0.2) is 38.4 Å². The second-order valence-electron chi connectivity index (χ2n) is 2.56. The molecule has 2 unspecified atom stereocenters. The van der Waals surface area contributed by atoms with Gasteiger partial charge in [0.1, 0.15) is 0 Å². The minimum Gasteiger partial charge on any atom is -0.374 e. The van der Waals surface area contributed by atoms with Crippen LogP contribution in [0.2, 0.25) is 0 Å². The maximum atomic E-state index is 5.45. The van der Waals surface area contributed by atoms with Gasteiger partial charge in [-0.25, -0.2) is 5.32 Å². The van der Waals surface area contributed by atoms with Crippen LogP contribution in [0.1, 0.15) is 0 Å². The average Bonchev–Trinajstić information content (AvgIpc) is 2.33. The van der Waals surface area contributed by atoms with E-state index >= 15 is 0 Å². The summed E-state index contributed by atoms with van der Waals surface area (Å²) in [5.74, 6) is 0. The van der Waals surface area contributed by atoms with Crippen LogP contribution in [0, 0.1) is 0 Å². The fourth-order valence-electron chi connectivity index (χ4n) is 1.41. The summed E-state index contributed by atoms with van der Waals surface area (Å²) in [5.41, 5.74) is 0. The Balaban J connectivity index is 1.97. The predicted octanol–water partition coefficient (Wildman–Crippen LogP) is -1.04. The zero-order valence-electron chi connectivity index (χ0n) is 5.34. The van der Waals surface area contributed by atoms with E-state index in [1.165, 1.54) is 0 Å². The second kappa shape index (κ2) is 2.25. The Labute approximate surface area is 54.8 Å². The number of ether oxygens (including phenoxy) is 1. The number of hydrogen-bond donors (Lipinski definition) is 1. The van der Waals surface area contributed by atoms with E-state index in [0.717, 1.165) is 26.2 Å². The zero-order chi connectivity index (χ0) is 6.10. The molecule has 2 heterocycles. The first-order valence-electron chi connectivity index (χ1n) is 3.45. The topological polar surface area (TPSA) is 35.4 Å². The van der Waals surface area contributed by atoms with Crippen LogP contribution in [0.5, 0.6) is 0 Å². The minimum atomic E-state index is 0.388. The highest BCUT2D eigenvalue weighted by Gasteiger charge is 2.30. The van der Waals surface area contributed by atoms with Crippen molar-refractivity contribution in [2.24, 2.45) is 0 Å². The van der Waals surface area contributed by atoms with Crippen molar-refractivity contribution in [3.05, 3.63) is 0 Å². The molecule has 0 amide bonds. The van der Waals surface area contributed by atoms with Crippen LogP contribution in [0.25, 0.3) is 0 Å². The summed E-state index contributed by atoms with van der Waals surface area (Å²) in [4.78, 5) is 0. The van der Waals surface area contributed by atoms with Crippen LogP contribution >= 0.6 is 0 Å². The van der Waals surface area contributed by atoms with Gasteiger partial charge in [-0.3, -0.25) is 0 Å². The third kappa shape index (κ3) is 0.956. The number of nitrogens with zero attached hydrogens (tertiary/aromatic N) is 1. The summed E-state index contributed by atoms with van der Waals surface area (Å²) < 4.78 is 5.45. The van der Waals surface area contributed by atoms with Crippen LogP contribution < -0.4 is 10.6 Å². The summed E-state index contributed by atoms with van der Waals surface area (Å²) in [6.07, 6.45) is 0.388. The van der Waals surface area contributed by atoms with E-state index in [-0.39, 0.29) is 0 Å². The highest BCUT2D eigenvalue weighted by atomic mass is 16.5. The maximum absolute atomic E-state index is 5.45. The first kappa shape index (κ1) is 5.65. The number of hydrogen-bond acceptors (Lipinski definition) is 2. The molecule has 51 valence electrons. The Morgan fingerprint density at radius 3 is 3.33 bits per heavy atom. The highest BCUT2D eigenvalue weighted by Crippen LogP contribution is 2.08. The largest absolute Gasteiger partial charge is 0.374 e. The summed E-state index contributed by atoms with van der Waals surface area (Å²) >= 11 is 0. The Kier molecular flexibility index (Phi) is 1.41. The van der Waals surface area contributed by atoms with Crippen molar-refractivity contribution in [3.63, 3.8) is 0 Å². The first-order chi connectivity index (χ1) is 4.47. The van der Waals surface area contributed by atoms with Crippen molar-refractivity contribution in [3.8, 4) is 0 Å². The molecule has 2 rings (SSSR count). The zero-order valence-corrected chi connectivity index (χ0v) is 5.34. The van der Waals surface area contributed by atoms with Gasteiger partial charge in [0.25, 0.3) is 0 Å². The molecule has 0 spiro atoms. The second-order valence-corrected chi connectivity index (χ2v) is 2.56. The summed E-state index contributed by atoms with van der Waals surface area (Å²) in [5, 5.41) is 7.60. The molecule has 0 aromatic heterocycles. The lowest BCUT2D eigenvalue weighted by Gasteiger charge is -2.25. The fourth-order valence-corrected chi connectivity index (χ4v) is 1.41. The third-order valence-electron chi connectivity index (χ3n) is 1.92. The van der Waals surface area contributed by atoms with E-state index in [0.29, 0.717) is 12.1 Å². The first-order valence-corrected chi connectivity index (χ1v) is 3.45. The molecule has 2 aliphatic heterocycles. The quantitative estimate of drug-likeness (QED) is 0.451. The van der Waals surface area contributed by atoms with E-state index in [4.69, 9.17) is 4.74 Å². The van der Waals surface area contributed by atoms with Crippen molar-refractivity contribution in [1.29, 1.82) is 0 Å². The smallest absolute Gasteiger partial charge is 0.0882 e. The molecule has 2 atom stereocenters. The Morgan fingerprint density at radius 1 is 1.44 bits per heavy atom. The molecule has 0 saturated carbocycles. The van der Waals surface area contributed by atoms with Gasteiger partial charge in [-0.2, -0.15) is 0 Å². The van der Waals surface area contributed by atoms with Gasteiger partial charge in [-0.05, 0) is 0 Å². The van der Waals surface area contributed by atoms with Crippen LogP contribution in [0.4, 0.5) is 0 Å². The van der Waals surface area contributed by atoms with Crippen LogP contribution in [0.15, 0.2) is 0 Å². The third-order valence-corrected chi connectivity index (χ3v) is 1.92. The predicted molar refractivity (Wildman–Crippen MR) is 33.4 cm³/mol. The van der Waals surface area contributed by atoms with E-state index < -0.39 is 0 Å². The van der Waals surface area contributed by atoms with Crippen molar-refractivity contribution in [2.75, 3.05) is 26.2 Å². The van der Waals surface area contributed by atoms with Crippen molar-refractivity contribution in [2.45, 2.75) is 12.1 Å². The standard InChI is InChI=1S/C6H11N2O/c1-2-9-6-4-7-3-5(6)8-1/h5-6,8H,1-4H2. The van der Waals surface area contributed by atoms with Gasteiger partial charge in [-0.15, -0.1) is 0 Å². The maximum Gasteiger partial charge on any atom is 0.0882 e. The molecule has 0 aliphatic carbocycles. The van der Waals surface area contributed by atoms with E-state index in [1.807, 2.05) is 0 Å². The highest BCUT2D eigenvalue weighted by molar-refractivity contribution is 4.89. The van der Waals surface area contributed by atoms with Crippen molar-refractivity contribution < 1.29 is 4.74 Å². The molecule has 1 N–H and O–H groups in total. The molecular formula is C6H11N2O. The average molecular weight is 127 g/mol. The molecule has 0 aromatic carbocycles. The Hall–Kier alpha value is -0.120. The van der Waals surface area contributed by atoms with Gasteiger partial charge in [-0.1, -0.05) is 0 Å². The molecule has 2 aliphatic rings. The lowest BCUT2D eigenvalue weighted by molar-refractivity contribution is 0.0207. The molecule has 3 nitrogen and oxygen atoms in total. The molecule has 0 bridgehead atoms. The summed E-state index contributed by atoms with van der Waals surface area (Å²) in [6, 6.07) is 0.527. The van der Waals surface area contributed by atoms with Gasteiger partial charge in [0, 0.05) is 25.7 Å². The molecular weight excluding hydrogens is 116 g/mol. The number of morpholine rings is 1. The number of rotatable bonds is 0. The minimum absolute atomic E-state index is 0.388. The fraction of sp³-hybridized carbons (Fsp3) is 1.00. The van der Waals surface area contributed by atoms with E-state index in [1.54, 1.807) is 0 Å². The van der Waals surface area contributed by atoms with Gasteiger partial charge in [0.15, 0.2) is 0 Å². The number of nitrogens with one attached hydrogen (secondary N) is 1. The van der Waals surface area contributed by atoms with Gasteiger partial charge in [0.2, 0.25) is 0 Å². The summed E-state index contributed by atoms with van der Waals surface area (Å²) in [7, 11) is 0. The monoisotopic (exact) mass is 127 g/mol. The van der Waals surface area contributed by atoms with Crippen LogP contribution in [0.3, 0.4) is 0 Å². The normalized spacial score (nSPS) is 42.7. The summed E-state index contributed by atoms with van der Waals surface area (Å²) in [6.45, 7) is 3.70. The number of fused-ring (bicyclic) bond motifs is 1.